The molecule has 0 saturated carbocycles. The Balaban J connectivity index is 1.99. The first-order chi connectivity index (χ1) is 12.0. The zero-order valence-corrected chi connectivity index (χ0v) is 15.9. The molecule has 3 aromatic rings. The molecule has 0 heterocycles. The van der Waals surface area contributed by atoms with E-state index in [2.05, 4.69) is 22.6 Å². The first-order valence-corrected chi connectivity index (χ1v) is 8.91. The topological polar surface area (TPSA) is 60.2 Å². The third-order valence-electron chi connectivity index (χ3n) is 3.75. The number of carbonyl (C=O) groups excluding carboxylic acids is 2. The molecule has 3 aromatic carbocycles. The second-order valence-electron chi connectivity index (χ2n) is 5.48. The summed E-state index contributed by atoms with van der Waals surface area (Å²) in [4.78, 5) is 25.4. The second kappa shape index (κ2) is 7.37. The Bertz CT molecular complexity index is 968. The monoisotopic (exact) mass is 461 g/mol. The molecule has 0 aliphatic rings. The molecule has 124 valence electrons. The maximum Gasteiger partial charge on any atom is 0.195 e. The van der Waals surface area contributed by atoms with Crippen LogP contribution < -0.4 is 5.73 Å². The Kier molecular flexibility index (Phi) is 5.20. The number of nitrogens with two attached hydrogens (primary N) is 1. The van der Waals surface area contributed by atoms with E-state index in [1.807, 2.05) is 12.1 Å². The van der Waals surface area contributed by atoms with E-state index in [1.165, 1.54) is 0 Å². The molecule has 0 aliphatic carbocycles. The molecule has 0 spiro atoms. The van der Waals surface area contributed by atoms with Gasteiger partial charge in [0.15, 0.2) is 11.6 Å². The molecule has 2 N–H and O–H groups in total. The van der Waals surface area contributed by atoms with Crippen LogP contribution in [0.2, 0.25) is 5.02 Å². The number of carbonyl (C=O) groups is 2. The molecule has 25 heavy (non-hydrogen) atoms. The highest BCUT2D eigenvalue weighted by molar-refractivity contribution is 14.1. The van der Waals surface area contributed by atoms with Crippen LogP contribution in [0, 0.1) is 3.57 Å². The summed E-state index contributed by atoms with van der Waals surface area (Å²) in [7, 11) is 0. The minimum Gasteiger partial charge on any atom is -0.398 e. The van der Waals surface area contributed by atoms with Gasteiger partial charge in [0, 0.05) is 36.5 Å². The van der Waals surface area contributed by atoms with Crippen molar-refractivity contribution in [2.75, 3.05) is 5.73 Å². The second-order valence-corrected chi connectivity index (χ2v) is 7.16. The highest BCUT2D eigenvalue weighted by atomic mass is 127. The summed E-state index contributed by atoms with van der Waals surface area (Å²) in [6.07, 6.45) is 0. The van der Waals surface area contributed by atoms with E-state index < -0.39 is 0 Å². The van der Waals surface area contributed by atoms with E-state index in [0.29, 0.717) is 33.0 Å². The van der Waals surface area contributed by atoms with Gasteiger partial charge in [-0.25, -0.2) is 0 Å². The number of benzene rings is 3. The predicted molar refractivity (Wildman–Crippen MR) is 108 cm³/mol. The van der Waals surface area contributed by atoms with Gasteiger partial charge < -0.3 is 5.73 Å². The van der Waals surface area contributed by atoms with Crippen LogP contribution in [0.4, 0.5) is 5.69 Å². The van der Waals surface area contributed by atoms with Gasteiger partial charge in [0.05, 0.1) is 0 Å². The van der Waals surface area contributed by atoms with Gasteiger partial charge in [-0.05, 0) is 77.2 Å². The van der Waals surface area contributed by atoms with Gasteiger partial charge in [0.25, 0.3) is 0 Å². The maximum absolute atomic E-state index is 12.7. The van der Waals surface area contributed by atoms with Crippen LogP contribution in [0.5, 0.6) is 0 Å². The highest BCUT2D eigenvalue weighted by Gasteiger charge is 2.17. The first-order valence-electron chi connectivity index (χ1n) is 7.46. The third kappa shape index (κ3) is 3.91. The molecule has 5 heteroatoms. The van der Waals surface area contributed by atoms with E-state index in [4.69, 9.17) is 17.3 Å². The summed E-state index contributed by atoms with van der Waals surface area (Å²) in [5.74, 6) is -0.422. The lowest BCUT2D eigenvalue weighted by Gasteiger charge is -2.08. The number of nitrogen functional groups attached to an aromatic ring is 1. The normalized spacial score (nSPS) is 10.5. The average Bonchev–Trinajstić information content (AvgIpc) is 2.61. The summed E-state index contributed by atoms with van der Waals surface area (Å²) in [5.41, 5.74) is 7.98. The van der Waals surface area contributed by atoms with Crippen LogP contribution in [-0.4, -0.2) is 11.6 Å². The molecule has 0 saturated heterocycles. The van der Waals surface area contributed by atoms with E-state index in [0.717, 1.165) is 3.57 Å². The van der Waals surface area contributed by atoms with Crippen molar-refractivity contribution in [2.45, 2.75) is 0 Å². The number of anilines is 1. The Hall–Kier alpha value is -2.18. The largest absolute Gasteiger partial charge is 0.398 e. The number of rotatable bonds is 4. The quantitative estimate of drug-likeness (QED) is 0.338. The predicted octanol–water partition coefficient (Wildman–Crippen LogP) is 4.99. The van der Waals surface area contributed by atoms with Crippen molar-refractivity contribution in [3.63, 3.8) is 0 Å². The van der Waals surface area contributed by atoms with E-state index in [-0.39, 0.29) is 11.6 Å². The van der Waals surface area contributed by atoms with Gasteiger partial charge in [-0.15, -0.1) is 0 Å². The van der Waals surface area contributed by atoms with E-state index in [1.54, 1.807) is 54.6 Å². The lowest BCUT2D eigenvalue weighted by atomic mass is 9.96. The minimum atomic E-state index is -0.266. The van der Waals surface area contributed by atoms with Crippen molar-refractivity contribution in [2.24, 2.45) is 0 Å². The van der Waals surface area contributed by atoms with Gasteiger partial charge in [-0.3, -0.25) is 9.59 Å². The molecule has 3 nitrogen and oxygen atoms in total. The molecule has 0 aliphatic heterocycles. The lowest BCUT2D eigenvalue weighted by Crippen LogP contribution is -2.09. The molecule has 0 radical (unpaired) electrons. The van der Waals surface area contributed by atoms with Gasteiger partial charge in [-0.1, -0.05) is 23.7 Å². The summed E-state index contributed by atoms with van der Waals surface area (Å²) in [5, 5.41) is 0.468. The molecular formula is C20H13ClINO2. The molecule has 3 rings (SSSR count). The van der Waals surface area contributed by atoms with Crippen molar-refractivity contribution in [1.29, 1.82) is 0 Å². The van der Waals surface area contributed by atoms with Crippen molar-refractivity contribution in [1.82, 2.24) is 0 Å². The number of ketones is 2. The first kappa shape index (κ1) is 17.6. The Morgan fingerprint density at radius 3 is 2.12 bits per heavy atom. The smallest absolute Gasteiger partial charge is 0.195 e. The van der Waals surface area contributed by atoms with Crippen LogP contribution in [0.25, 0.3) is 0 Å². The fraction of sp³-hybridized carbons (Fsp3) is 0. The van der Waals surface area contributed by atoms with Crippen LogP contribution >= 0.6 is 34.2 Å². The fourth-order valence-corrected chi connectivity index (χ4v) is 3.00. The Morgan fingerprint density at radius 1 is 0.800 bits per heavy atom. The van der Waals surface area contributed by atoms with Crippen molar-refractivity contribution < 1.29 is 9.59 Å². The van der Waals surface area contributed by atoms with Gasteiger partial charge >= 0.3 is 0 Å². The molecule has 0 aromatic heterocycles. The number of hydrogen-bond donors (Lipinski definition) is 1. The fourth-order valence-electron chi connectivity index (χ4n) is 2.45. The highest BCUT2D eigenvalue weighted by Crippen LogP contribution is 2.22. The lowest BCUT2D eigenvalue weighted by molar-refractivity contribution is 0.103. The van der Waals surface area contributed by atoms with E-state index in [9.17, 15) is 9.59 Å². The zero-order valence-electron chi connectivity index (χ0n) is 13.0. The number of hydrogen-bond acceptors (Lipinski definition) is 3. The summed E-state index contributed by atoms with van der Waals surface area (Å²) < 4.78 is 1.04. The molecular weight excluding hydrogens is 449 g/mol. The summed E-state index contributed by atoms with van der Waals surface area (Å²) >= 11 is 8.13. The number of halogens is 2. The Labute approximate surface area is 164 Å². The average molecular weight is 462 g/mol. The molecule has 0 fully saturated rings. The van der Waals surface area contributed by atoms with Gasteiger partial charge in [0.1, 0.15) is 0 Å². The SMILES string of the molecule is Nc1ccc(C(=O)c2ccc(I)cc2)cc1C(=O)c1cccc(Cl)c1. The van der Waals surface area contributed by atoms with Crippen molar-refractivity contribution in [3.05, 3.63) is 97.6 Å². The minimum absolute atomic E-state index is 0.156. The molecule has 0 bridgehead atoms. The maximum atomic E-state index is 12.7. The van der Waals surface area contributed by atoms with Crippen LogP contribution in [0.15, 0.2) is 66.7 Å². The summed E-state index contributed by atoms with van der Waals surface area (Å²) in [6, 6.07) is 18.6. The summed E-state index contributed by atoms with van der Waals surface area (Å²) in [6.45, 7) is 0. The molecule has 0 unspecified atom stereocenters. The van der Waals surface area contributed by atoms with Crippen LogP contribution in [-0.2, 0) is 0 Å². The molecule has 0 amide bonds. The van der Waals surface area contributed by atoms with E-state index >= 15 is 0 Å². The van der Waals surface area contributed by atoms with Crippen molar-refractivity contribution >= 4 is 51.4 Å². The zero-order chi connectivity index (χ0) is 18.0. The van der Waals surface area contributed by atoms with Gasteiger partial charge in [-0.2, -0.15) is 0 Å². The third-order valence-corrected chi connectivity index (χ3v) is 4.71. The van der Waals surface area contributed by atoms with Gasteiger partial charge in [0.2, 0.25) is 0 Å². The van der Waals surface area contributed by atoms with Crippen LogP contribution in [0.1, 0.15) is 31.8 Å². The Morgan fingerprint density at radius 2 is 1.44 bits per heavy atom. The van der Waals surface area contributed by atoms with Crippen molar-refractivity contribution in [3.8, 4) is 0 Å². The standard InChI is InChI=1S/C20H13ClINO2/c21-15-3-1-2-13(10-15)20(25)17-11-14(6-9-18(17)23)19(24)12-4-7-16(22)8-5-12/h1-11H,23H2. The molecule has 0 atom stereocenters. The van der Waals surface area contributed by atoms with Crippen LogP contribution in [0.3, 0.4) is 0 Å².